The molecule has 0 saturated carbocycles. The summed E-state index contributed by atoms with van der Waals surface area (Å²) in [5, 5.41) is 3.60. The summed E-state index contributed by atoms with van der Waals surface area (Å²) in [6, 6.07) is 4.88. The quantitative estimate of drug-likeness (QED) is 0.812. The topological polar surface area (TPSA) is 58.4 Å². The van der Waals surface area contributed by atoms with Crippen molar-refractivity contribution in [2.75, 3.05) is 18.4 Å². The van der Waals surface area contributed by atoms with Crippen molar-refractivity contribution in [2.45, 2.75) is 6.04 Å². The summed E-state index contributed by atoms with van der Waals surface area (Å²) in [4.78, 5) is 13.3. The molecule has 1 saturated heterocycles. The number of benzene rings is 1. The van der Waals surface area contributed by atoms with E-state index >= 15 is 0 Å². The van der Waals surface area contributed by atoms with E-state index in [0.29, 0.717) is 28.8 Å². The van der Waals surface area contributed by atoms with Crippen LogP contribution in [-0.2, 0) is 0 Å². The largest absolute Gasteiger partial charge is 0.325 e. The van der Waals surface area contributed by atoms with Gasteiger partial charge in [0.15, 0.2) is 0 Å². The molecule has 2 amide bonds. The molecular formula is C10H11Cl2N3O. The van der Waals surface area contributed by atoms with Crippen LogP contribution in [-0.4, -0.2) is 30.1 Å². The maximum absolute atomic E-state index is 11.6. The van der Waals surface area contributed by atoms with Crippen LogP contribution in [0.15, 0.2) is 18.2 Å². The van der Waals surface area contributed by atoms with Crippen LogP contribution in [0.25, 0.3) is 0 Å². The standard InChI is InChI=1S/C10H11Cl2N3O/c11-8-2-1-7(3-9(8)12)14-10(16)15-4-6(13)5-15/h1-3,6H,4-5,13H2,(H,14,16). The number of hydrogen-bond donors (Lipinski definition) is 2. The Labute approximate surface area is 103 Å². The smallest absolute Gasteiger partial charge is 0.321 e. The highest BCUT2D eigenvalue weighted by atomic mass is 35.5. The van der Waals surface area contributed by atoms with Crippen LogP contribution in [0.4, 0.5) is 10.5 Å². The molecule has 0 atom stereocenters. The Bertz CT molecular complexity index is 419. The number of carbonyl (C=O) groups is 1. The Morgan fingerprint density at radius 1 is 1.38 bits per heavy atom. The Kier molecular flexibility index (Phi) is 3.23. The number of likely N-dealkylation sites (tertiary alicyclic amines) is 1. The number of hydrogen-bond acceptors (Lipinski definition) is 2. The second-order valence-electron chi connectivity index (χ2n) is 3.72. The number of nitrogens with zero attached hydrogens (tertiary/aromatic N) is 1. The van der Waals surface area contributed by atoms with Gasteiger partial charge in [0.2, 0.25) is 0 Å². The number of nitrogens with one attached hydrogen (secondary N) is 1. The molecule has 4 nitrogen and oxygen atoms in total. The average molecular weight is 260 g/mol. The van der Waals surface area contributed by atoms with Gasteiger partial charge in [0.1, 0.15) is 0 Å². The van der Waals surface area contributed by atoms with Crippen molar-refractivity contribution in [3.05, 3.63) is 28.2 Å². The molecule has 6 heteroatoms. The number of anilines is 1. The molecule has 1 aromatic rings. The third kappa shape index (κ3) is 2.40. The first-order chi connectivity index (χ1) is 7.56. The van der Waals surface area contributed by atoms with Crippen molar-refractivity contribution in [3.63, 3.8) is 0 Å². The van der Waals surface area contributed by atoms with E-state index in [2.05, 4.69) is 5.32 Å². The van der Waals surface area contributed by atoms with Crippen molar-refractivity contribution in [1.29, 1.82) is 0 Å². The zero-order chi connectivity index (χ0) is 11.7. The van der Waals surface area contributed by atoms with Crippen molar-refractivity contribution in [3.8, 4) is 0 Å². The summed E-state index contributed by atoms with van der Waals surface area (Å²) >= 11 is 11.6. The lowest BCUT2D eigenvalue weighted by molar-refractivity contribution is 0.165. The van der Waals surface area contributed by atoms with Crippen LogP contribution in [0.5, 0.6) is 0 Å². The second kappa shape index (κ2) is 4.49. The van der Waals surface area contributed by atoms with E-state index in [0.717, 1.165) is 0 Å². The van der Waals surface area contributed by atoms with Gasteiger partial charge in [-0.3, -0.25) is 0 Å². The number of rotatable bonds is 1. The van der Waals surface area contributed by atoms with Crippen LogP contribution in [0, 0.1) is 0 Å². The molecule has 1 heterocycles. The first-order valence-corrected chi connectivity index (χ1v) is 5.58. The van der Waals surface area contributed by atoms with E-state index in [1.165, 1.54) is 0 Å². The number of amides is 2. The third-order valence-corrected chi connectivity index (χ3v) is 3.11. The summed E-state index contributed by atoms with van der Waals surface area (Å²) in [7, 11) is 0. The summed E-state index contributed by atoms with van der Waals surface area (Å²) in [5.74, 6) is 0. The molecule has 1 aliphatic heterocycles. The molecule has 0 unspecified atom stereocenters. The minimum atomic E-state index is -0.167. The maximum Gasteiger partial charge on any atom is 0.321 e. The van der Waals surface area contributed by atoms with Crippen LogP contribution in [0.2, 0.25) is 10.0 Å². The fourth-order valence-corrected chi connectivity index (χ4v) is 1.75. The summed E-state index contributed by atoms with van der Waals surface area (Å²) in [6.45, 7) is 1.18. The van der Waals surface area contributed by atoms with Crippen molar-refractivity contribution >= 4 is 34.9 Å². The van der Waals surface area contributed by atoms with E-state index in [4.69, 9.17) is 28.9 Å². The van der Waals surface area contributed by atoms with Gasteiger partial charge in [0, 0.05) is 24.8 Å². The normalized spacial score (nSPS) is 15.8. The molecule has 16 heavy (non-hydrogen) atoms. The Morgan fingerprint density at radius 3 is 2.62 bits per heavy atom. The third-order valence-electron chi connectivity index (χ3n) is 2.37. The molecule has 0 bridgehead atoms. The number of urea groups is 1. The first-order valence-electron chi connectivity index (χ1n) is 4.83. The van der Waals surface area contributed by atoms with Crippen LogP contribution in [0.1, 0.15) is 0 Å². The minimum Gasteiger partial charge on any atom is -0.325 e. The van der Waals surface area contributed by atoms with Gasteiger partial charge in [-0.2, -0.15) is 0 Å². The van der Waals surface area contributed by atoms with Gasteiger partial charge >= 0.3 is 6.03 Å². The predicted octanol–water partition coefficient (Wildman–Crippen LogP) is 2.17. The molecular weight excluding hydrogens is 249 g/mol. The minimum absolute atomic E-state index is 0.0968. The predicted molar refractivity (Wildman–Crippen MR) is 65.0 cm³/mol. The molecule has 1 aliphatic rings. The van der Waals surface area contributed by atoms with Gasteiger partial charge in [0.25, 0.3) is 0 Å². The average Bonchev–Trinajstić information content (AvgIpc) is 2.19. The maximum atomic E-state index is 11.6. The van der Waals surface area contributed by atoms with E-state index < -0.39 is 0 Å². The van der Waals surface area contributed by atoms with Gasteiger partial charge in [-0.05, 0) is 18.2 Å². The molecule has 0 aliphatic carbocycles. The fourth-order valence-electron chi connectivity index (χ4n) is 1.45. The Hall–Kier alpha value is -0.970. The molecule has 86 valence electrons. The van der Waals surface area contributed by atoms with Gasteiger partial charge in [0.05, 0.1) is 10.0 Å². The Balaban J connectivity index is 1.98. The van der Waals surface area contributed by atoms with Gasteiger partial charge in [-0.1, -0.05) is 23.2 Å². The lowest BCUT2D eigenvalue weighted by Crippen LogP contribution is -2.58. The van der Waals surface area contributed by atoms with Gasteiger partial charge in [-0.25, -0.2) is 4.79 Å². The molecule has 1 fully saturated rings. The van der Waals surface area contributed by atoms with E-state index in [-0.39, 0.29) is 12.1 Å². The summed E-state index contributed by atoms with van der Waals surface area (Å²) in [5.41, 5.74) is 6.21. The van der Waals surface area contributed by atoms with Gasteiger partial charge < -0.3 is 16.0 Å². The molecule has 0 aromatic heterocycles. The highest BCUT2D eigenvalue weighted by molar-refractivity contribution is 6.42. The lowest BCUT2D eigenvalue weighted by Gasteiger charge is -2.36. The van der Waals surface area contributed by atoms with E-state index in [1.54, 1.807) is 23.1 Å². The number of nitrogens with two attached hydrogens (primary N) is 1. The van der Waals surface area contributed by atoms with Gasteiger partial charge in [-0.15, -0.1) is 0 Å². The number of halogens is 2. The lowest BCUT2D eigenvalue weighted by atomic mass is 10.1. The molecule has 1 aromatic carbocycles. The second-order valence-corrected chi connectivity index (χ2v) is 4.54. The first kappa shape index (κ1) is 11.5. The zero-order valence-corrected chi connectivity index (χ0v) is 9.92. The van der Waals surface area contributed by atoms with Crippen molar-refractivity contribution < 1.29 is 4.79 Å². The highest BCUT2D eigenvalue weighted by Crippen LogP contribution is 2.25. The zero-order valence-electron chi connectivity index (χ0n) is 8.41. The van der Waals surface area contributed by atoms with Crippen molar-refractivity contribution in [1.82, 2.24) is 4.90 Å². The monoisotopic (exact) mass is 259 g/mol. The van der Waals surface area contributed by atoms with Crippen LogP contribution in [0.3, 0.4) is 0 Å². The fraction of sp³-hybridized carbons (Fsp3) is 0.300. The van der Waals surface area contributed by atoms with Crippen molar-refractivity contribution in [2.24, 2.45) is 5.73 Å². The molecule has 0 radical (unpaired) electrons. The van der Waals surface area contributed by atoms with E-state index in [1.807, 2.05) is 0 Å². The molecule has 2 rings (SSSR count). The number of carbonyl (C=O) groups excluding carboxylic acids is 1. The highest BCUT2D eigenvalue weighted by Gasteiger charge is 2.27. The molecule has 0 spiro atoms. The SMILES string of the molecule is NC1CN(C(=O)Nc2ccc(Cl)c(Cl)c2)C1. The van der Waals surface area contributed by atoms with E-state index in [9.17, 15) is 4.79 Å². The van der Waals surface area contributed by atoms with Crippen LogP contribution < -0.4 is 11.1 Å². The summed E-state index contributed by atoms with van der Waals surface area (Å²) < 4.78 is 0. The molecule has 3 N–H and O–H groups in total. The Morgan fingerprint density at radius 2 is 2.06 bits per heavy atom. The van der Waals surface area contributed by atoms with Crippen LogP contribution >= 0.6 is 23.2 Å². The summed E-state index contributed by atoms with van der Waals surface area (Å²) in [6.07, 6.45) is 0.